The molecular formula is C28H29NO4. The standard InChI is InChI=1S/C28H29NO4/c1-22(30)33-28(20-31-18-23-10-4-2-5-11-23,21-32-19-24-12-6-3-7-13-24)17-26-16-25-14-8-9-15-27(25)29-26/h2-16,29H,17-21H2,1H3. The molecule has 0 aliphatic heterocycles. The van der Waals surface area contributed by atoms with Gasteiger partial charge in [-0.1, -0.05) is 78.9 Å². The fourth-order valence-corrected chi connectivity index (χ4v) is 3.98. The van der Waals surface area contributed by atoms with E-state index in [1.165, 1.54) is 6.92 Å². The van der Waals surface area contributed by atoms with Crippen LogP contribution in [0.25, 0.3) is 10.9 Å². The molecule has 5 heteroatoms. The number of para-hydroxylation sites is 1. The Morgan fingerprint density at radius 2 is 1.33 bits per heavy atom. The molecular weight excluding hydrogens is 414 g/mol. The SMILES string of the molecule is CC(=O)OC(COCc1ccccc1)(COCc1ccccc1)Cc1cc2ccccc2[nH]1. The largest absolute Gasteiger partial charge is 0.454 e. The second-order valence-electron chi connectivity index (χ2n) is 8.29. The molecule has 0 aliphatic rings. The zero-order chi connectivity index (χ0) is 22.9. The van der Waals surface area contributed by atoms with Crippen LogP contribution in [0.1, 0.15) is 23.7 Å². The van der Waals surface area contributed by atoms with E-state index in [1.54, 1.807) is 0 Å². The van der Waals surface area contributed by atoms with Gasteiger partial charge >= 0.3 is 5.97 Å². The Morgan fingerprint density at radius 3 is 1.88 bits per heavy atom. The summed E-state index contributed by atoms with van der Waals surface area (Å²) in [5.41, 5.74) is 3.16. The first kappa shape index (κ1) is 22.8. The first-order valence-corrected chi connectivity index (χ1v) is 11.1. The van der Waals surface area contributed by atoms with E-state index < -0.39 is 5.60 Å². The van der Waals surface area contributed by atoms with Crippen LogP contribution in [0.2, 0.25) is 0 Å². The van der Waals surface area contributed by atoms with Crippen LogP contribution in [0.15, 0.2) is 91.0 Å². The summed E-state index contributed by atoms with van der Waals surface area (Å²) in [6, 6.07) is 30.1. The van der Waals surface area contributed by atoms with Crippen molar-refractivity contribution in [2.45, 2.75) is 32.2 Å². The van der Waals surface area contributed by atoms with Crippen LogP contribution < -0.4 is 0 Å². The first-order valence-electron chi connectivity index (χ1n) is 11.1. The number of aromatic nitrogens is 1. The van der Waals surface area contributed by atoms with Crippen molar-refractivity contribution in [1.82, 2.24) is 4.98 Å². The Bertz CT molecular complexity index is 1080. The molecule has 33 heavy (non-hydrogen) atoms. The number of H-pyrrole nitrogens is 1. The van der Waals surface area contributed by atoms with Gasteiger partial charge in [-0.15, -0.1) is 0 Å². The summed E-state index contributed by atoms with van der Waals surface area (Å²) in [7, 11) is 0. The van der Waals surface area contributed by atoms with Gasteiger partial charge in [0.2, 0.25) is 0 Å². The van der Waals surface area contributed by atoms with Gasteiger partial charge in [0.15, 0.2) is 5.60 Å². The summed E-state index contributed by atoms with van der Waals surface area (Å²) in [6.45, 7) is 2.70. The molecule has 170 valence electrons. The molecule has 0 fully saturated rings. The van der Waals surface area contributed by atoms with Gasteiger partial charge in [-0.2, -0.15) is 0 Å². The lowest BCUT2D eigenvalue weighted by Gasteiger charge is -2.32. The minimum absolute atomic E-state index is 0.214. The van der Waals surface area contributed by atoms with E-state index in [-0.39, 0.29) is 19.2 Å². The third-order valence-corrected chi connectivity index (χ3v) is 5.41. The quantitative estimate of drug-likeness (QED) is 0.313. The molecule has 0 spiro atoms. The van der Waals surface area contributed by atoms with Crippen LogP contribution in [-0.2, 0) is 38.6 Å². The number of nitrogens with one attached hydrogen (secondary N) is 1. The van der Waals surface area contributed by atoms with Crippen LogP contribution in [-0.4, -0.2) is 29.8 Å². The lowest BCUT2D eigenvalue weighted by atomic mass is 9.98. The zero-order valence-corrected chi connectivity index (χ0v) is 18.8. The molecule has 0 amide bonds. The van der Waals surface area contributed by atoms with Gasteiger partial charge in [0.25, 0.3) is 0 Å². The van der Waals surface area contributed by atoms with Crippen LogP contribution in [0.4, 0.5) is 0 Å². The second-order valence-corrected chi connectivity index (χ2v) is 8.29. The van der Waals surface area contributed by atoms with Crippen LogP contribution in [0.5, 0.6) is 0 Å². The molecule has 0 bridgehead atoms. The van der Waals surface area contributed by atoms with Crippen molar-refractivity contribution < 1.29 is 19.0 Å². The predicted octanol–water partition coefficient (Wildman–Crippen LogP) is 5.45. The summed E-state index contributed by atoms with van der Waals surface area (Å²) in [5, 5.41) is 1.11. The van der Waals surface area contributed by atoms with Gasteiger partial charge in [-0.05, 0) is 28.6 Å². The van der Waals surface area contributed by atoms with E-state index in [0.29, 0.717) is 19.6 Å². The maximum absolute atomic E-state index is 12.1. The smallest absolute Gasteiger partial charge is 0.303 e. The molecule has 5 nitrogen and oxygen atoms in total. The van der Waals surface area contributed by atoms with Crippen LogP contribution in [0.3, 0.4) is 0 Å². The van der Waals surface area contributed by atoms with Gasteiger partial charge in [-0.3, -0.25) is 4.79 Å². The lowest BCUT2D eigenvalue weighted by molar-refractivity contribution is -0.175. The molecule has 0 saturated carbocycles. The van der Waals surface area contributed by atoms with Crippen LogP contribution in [0, 0.1) is 0 Å². The molecule has 4 rings (SSSR count). The van der Waals surface area contributed by atoms with Crippen molar-refractivity contribution in [1.29, 1.82) is 0 Å². The van der Waals surface area contributed by atoms with Gasteiger partial charge in [0, 0.05) is 24.6 Å². The fraction of sp³-hybridized carbons (Fsp3) is 0.250. The van der Waals surface area contributed by atoms with E-state index in [0.717, 1.165) is 27.7 Å². The van der Waals surface area contributed by atoms with Gasteiger partial charge in [0.1, 0.15) is 0 Å². The van der Waals surface area contributed by atoms with Crippen molar-refractivity contribution >= 4 is 16.9 Å². The monoisotopic (exact) mass is 443 g/mol. The van der Waals surface area contributed by atoms with E-state index in [4.69, 9.17) is 14.2 Å². The highest BCUT2D eigenvalue weighted by molar-refractivity contribution is 5.80. The Labute approximate surface area is 194 Å². The summed E-state index contributed by atoms with van der Waals surface area (Å²) in [5.74, 6) is -0.363. The molecule has 1 N–H and O–H groups in total. The number of rotatable bonds is 11. The van der Waals surface area contributed by atoms with E-state index in [2.05, 4.69) is 17.1 Å². The average Bonchev–Trinajstić information content (AvgIpc) is 3.22. The number of ether oxygens (including phenoxy) is 3. The van der Waals surface area contributed by atoms with Crippen LogP contribution >= 0.6 is 0 Å². The number of carbonyl (C=O) groups excluding carboxylic acids is 1. The molecule has 0 saturated heterocycles. The number of hydrogen-bond donors (Lipinski definition) is 1. The molecule has 0 atom stereocenters. The Kier molecular flexibility index (Phi) is 7.55. The molecule has 0 radical (unpaired) electrons. The fourth-order valence-electron chi connectivity index (χ4n) is 3.98. The maximum Gasteiger partial charge on any atom is 0.303 e. The molecule has 0 unspecified atom stereocenters. The number of aromatic amines is 1. The van der Waals surface area contributed by atoms with Crippen molar-refractivity contribution in [3.05, 3.63) is 108 Å². The number of hydrogen-bond acceptors (Lipinski definition) is 4. The summed E-state index contributed by atoms with van der Waals surface area (Å²) < 4.78 is 18.0. The van der Waals surface area contributed by atoms with Crippen molar-refractivity contribution in [3.63, 3.8) is 0 Å². The molecule has 1 aromatic heterocycles. The normalized spacial score (nSPS) is 11.5. The summed E-state index contributed by atoms with van der Waals surface area (Å²) in [6.07, 6.45) is 0.449. The maximum atomic E-state index is 12.1. The number of fused-ring (bicyclic) bond motifs is 1. The topological polar surface area (TPSA) is 60.6 Å². The molecule has 1 heterocycles. The van der Waals surface area contributed by atoms with E-state index in [9.17, 15) is 4.79 Å². The number of benzene rings is 3. The zero-order valence-electron chi connectivity index (χ0n) is 18.8. The van der Waals surface area contributed by atoms with Crippen molar-refractivity contribution in [2.24, 2.45) is 0 Å². The Hall–Kier alpha value is -3.41. The van der Waals surface area contributed by atoms with Gasteiger partial charge in [-0.25, -0.2) is 0 Å². The molecule has 0 aliphatic carbocycles. The van der Waals surface area contributed by atoms with Gasteiger partial charge in [0.05, 0.1) is 26.4 Å². The average molecular weight is 444 g/mol. The highest BCUT2D eigenvalue weighted by atomic mass is 16.6. The predicted molar refractivity (Wildman–Crippen MR) is 129 cm³/mol. The first-order chi connectivity index (χ1) is 16.1. The highest BCUT2D eigenvalue weighted by Gasteiger charge is 2.36. The van der Waals surface area contributed by atoms with Crippen molar-refractivity contribution in [2.75, 3.05) is 13.2 Å². The number of carbonyl (C=O) groups is 1. The molecule has 3 aromatic carbocycles. The minimum atomic E-state index is -0.962. The van der Waals surface area contributed by atoms with E-state index >= 15 is 0 Å². The Balaban J connectivity index is 1.53. The lowest BCUT2D eigenvalue weighted by Crippen LogP contribution is -2.46. The highest BCUT2D eigenvalue weighted by Crippen LogP contribution is 2.24. The third kappa shape index (κ3) is 6.54. The number of esters is 1. The molecule has 4 aromatic rings. The van der Waals surface area contributed by atoms with Crippen molar-refractivity contribution in [3.8, 4) is 0 Å². The Morgan fingerprint density at radius 1 is 0.788 bits per heavy atom. The third-order valence-electron chi connectivity index (χ3n) is 5.41. The minimum Gasteiger partial charge on any atom is -0.454 e. The summed E-state index contributed by atoms with van der Waals surface area (Å²) >= 11 is 0. The van der Waals surface area contributed by atoms with E-state index in [1.807, 2.05) is 78.9 Å². The van der Waals surface area contributed by atoms with Gasteiger partial charge < -0.3 is 19.2 Å². The summed E-state index contributed by atoms with van der Waals surface area (Å²) in [4.78, 5) is 15.6. The second kappa shape index (κ2) is 10.9.